The van der Waals surface area contributed by atoms with Gasteiger partial charge in [-0.3, -0.25) is 10.1 Å². The van der Waals surface area contributed by atoms with Crippen LogP contribution >= 0.6 is 0 Å². The van der Waals surface area contributed by atoms with Gasteiger partial charge >= 0.3 is 0 Å². The fourth-order valence-corrected chi connectivity index (χ4v) is 2.71. The Labute approximate surface area is 119 Å². The van der Waals surface area contributed by atoms with Gasteiger partial charge in [-0.1, -0.05) is 18.2 Å². The van der Waals surface area contributed by atoms with Gasteiger partial charge in [0, 0.05) is 31.7 Å². The van der Waals surface area contributed by atoms with Crippen LogP contribution in [0.1, 0.15) is 11.6 Å². The van der Waals surface area contributed by atoms with Gasteiger partial charge in [-0.2, -0.15) is 0 Å². The Kier molecular flexibility index (Phi) is 3.89. The molecule has 1 N–H and O–H groups in total. The molecule has 0 saturated carbocycles. The first-order valence-corrected chi connectivity index (χ1v) is 7.15. The summed E-state index contributed by atoms with van der Waals surface area (Å²) in [6.07, 6.45) is 0. The summed E-state index contributed by atoms with van der Waals surface area (Å²) in [5, 5.41) is 3.32. The van der Waals surface area contributed by atoms with Crippen LogP contribution in [0.2, 0.25) is 0 Å². The van der Waals surface area contributed by atoms with Crippen LogP contribution in [-0.2, 0) is 4.79 Å². The predicted molar refractivity (Wildman–Crippen MR) is 76.8 cm³/mol. The molecule has 1 unspecified atom stereocenters. The van der Waals surface area contributed by atoms with E-state index in [4.69, 9.17) is 4.74 Å². The van der Waals surface area contributed by atoms with Crippen LogP contribution in [-0.4, -0.2) is 62.1 Å². The van der Waals surface area contributed by atoms with Crippen molar-refractivity contribution in [1.82, 2.24) is 15.1 Å². The lowest BCUT2D eigenvalue weighted by molar-refractivity contribution is -0.131. The van der Waals surface area contributed by atoms with Gasteiger partial charge in [-0.15, -0.1) is 0 Å². The summed E-state index contributed by atoms with van der Waals surface area (Å²) in [5.74, 6) is 1.11. The monoisotopic (exact) mass is 275 g/mol. The molecule has 20 heavy (non-hydrogen) atoms. The van der Waals surface area contributed by atoms with Crippen molar-refractivity contribution in [2.75, 3.05) is 46.4 Å². The molecule has 5 heteroatoms. The molecule has 0 spiro atoms. The fourth-order valence-electron chi connectivity index (χ4n) is 2.71. The fraction of sp³-hybridized carbons (Fsp3) is 0.533. The van der Waals surface area contributed by atoms with E-state index >= 15 is 0 Å². The normalized spacial score (nSPS) is 22.4. The molecule has 2 aliphatic heterocycles. The largest absolute Gasteiger partial charge is 0.491 e. The molecule has 1 aromatic carbocycles. The summed E-state index contributed by atoms with van der Waals surface area (Å²) in [6.45, 7) is 4.56. The summed E-state index contributed by atoms with van der Waals surface area (Å²) >= 11 is 0. The summed E-state index contributed by atoms with van der Waals surface area (Å²) in [6, 6.07) is 8.13. The highest BCUT2D eigenvalue weighted by Gasteiger charge is 2.25. The first kappa shape index (κ1) is 13.4. The van der Waals surface area contributed by atoms with Crippen LogP contribution in [0.3, 0.4) is 0 Å². The van der Waals surface area contributed by atoms with Gasteiger partial charge in [0.1, 0.15) is 12.4 Å². The van der Waals surface area contributed by atoms with Crippen LogP contribution in [0, 0.1) is 0 Å². The molecule has 108 valence electrons. The Morgan fingerprint density at radius 3 is 2.85 bits per heavy atom. The maximum atomic E-state index is 12.2. The number of hydrogen-bond acceptors (Lipinski definition) is 4. The van der Waals surface area contributed by atoms with Crippen LogP contribution in [0.15, 0.2) is 24.3 Å². The van der Waals surface area contributed by atoms with Gasteiger partial charge in [0.25, 0.3) is 0 Å². The second kappa shape index (κ2) is 5.81. The van der Waals surface area contributed by atoms with Gasteiger partial charge < -0.3 is 14.5 Å². The highest BCUT2D eigenvalue weighted by Crippen LogP contribution is 2.31. The molecule has 2 heterocycles. The minimum absolute atomic E-state index is 0.127. The molecular formula is C15H21N3O2. The molecule has 1 amide bonds. The molecule has 1 aromatic rings. The van der Waals surface area contributed by atoms with E-state index in [1.54, 1.807) is 0 Å². The molecule has 3 rings (SSSR count). The number of nitrogens with zero attached hydrogens (tertiary/aromatic N) is 2. The van der Waals surface area contributed by atoms with Crippen molar-refractivity contribution in [3.63, 3.8) is 0 Å². The van der Waals surface area contributed by atoms with Gasteiger partial charge in [-0.25, -0.2) is 0 Å². The van der Waals surface area contributed by atoms with Gasteiger partial charge in [0.15, 0.2) is 0 Å². The minimum Gasteiger partial charge on any atom is -0.491 e. The van der Waals surface area contributed by atoms with E-state index in [1.165, 1.54) is 0 Å². The number of likely N-dealkylation sites (N-methyl/N-ethyl adjacent to an activating group) is 1. The third kappa shape index (κ3) is 2.78. The summed E-state index contributed by atoms with van der Waals surface area (Å²) in [4.78, 5) is 16.4. The van der Waals surface area contributed by atoms with Crippen molar-refractivity contribution in [3.05, 3.63) is 29.8 Å². The number of nitrogens with one attached hydrogen (secondary N) is 1. The van der Waals surface area contributed by atoms with Gasteiger partial charge in [-0.05, 0) is 13.1 Å². The number of hydrogen-bond donors (Lipinski definition) is 1. The maximum Gasteiger partial charge on any atom is 0.236 e. The molecular weight excluding hydrogens is 254 g/mol. The van der Waals surface area contributed by atoms with Crippen molar-refractivity contribution in [2.45, 2.75) is 6.04 Å². The Balaban J connectivity index is 1.52. The Morgan fingerprint density at radius 2 is 2.05 bits per heavy atom. The van der Waals surface area contributed by atoms with Gasteiger partial charge in [0.2, 0.25) is 5.91 Å². The molecule has 2 aliphatic rings. The highest BCUT2D eigenvalue weighted by atomic mass is 16.5. The average molecular weight is 275 g/mol. The van der Waals surface area contributed by atoms with E-state index in [2.05, 4.69) is 23.3 Å². The zero-order valence-electron chi connectivity index (χ0n) is 11.8. The molecule has 5 nitrogen and oxygen atoms in total. The third-order valence-corrected chi connectivity index (χ3v) is 4.06. The average Bonchev–Trinajstić information content (AvgIpc) is 2.89. The van der Waals surface area contributed by atoms with Crippen molar-refractivity contribution >= 4 is 5.91 Å². The van der Waals surface area contributed by atoms with E-state index < -0.39 is 0 Å². The molecule has 0 aliphatic carbocycles. The molecule has 1 fully saturated rings. The number of benzene rings is 1. The summed E-state index contributed by atoms with van der Waals surface area (Å²) in [5.41, 5.74) is 1.15. The lowest BCUT2D eigenvalue weighted by atomic mass is 10.1. The number of rotatable bonds is 3. The highest BCUT2D eigenvalue weighted by molar-refractivity contribution is 5.78. The quantitative estimate of drug-likeness (QED) is 0.872. The van der Waals surface area contributed by atoms with E-state index in [1.807, 2.05) is 23.1 Å². The Bertz CT molecular complexity index is 484. The summed E-state index contributed by atoms with van der Waals surface area (Å²) < 4.78 is 5.61. The second-order valence-electron chi connectivity index (χ2n) is 5.47. The lowest BCUT2D eigenvalue weighted by Crippen LogP contribution is -2.49. The molecule has 0 radical (unpaired) electrons. The molecule has 1 saturated heterocycles. The number of fused-ring (bicyclic) bond motifs is 1. The number of carbonyl (C=O) groups excluding carboxylic acids is 1. The van der Waals surface area contributed by atoms with Crippen LogP contribution < -0.4 is 10.1 Å². The summed E-state index contributed by atoms with van der Waals surface area (Å²) in [7, 11) is 2.09. The maximum absolute atomic E-state index is 12.2. The number of ether oxygens (including phenoxy) is 1. The first-order valence-electron chi connectivity index (χ1n) is 7.15. The van der Waals surface area contributed by atoms with Crippen molar-refractivity contribution in [2.24, 2.45) is 0 Å². The van der Waals surface area contributed by atoms with Gasteiger partial charge in [0.05, 0.1) is 12.6 Å². The topological polar surface area (TPSA) is 44.8 Å². The van der Waals surface area contributed by atoms with Crippen molar-refractivity contribution in [1.29, 1.82) is 0 Å². The Morgan fingerprint density at radius 1 is 1.30 bits per heavy atom. The molecule has 0 aromatic heterocycles. The van der Waals surface area contributed by atoms with E-state index in [0.29, 0.717) is 13.2 Å². The van der Waals surface area contributed by atoms with E-state index in [-0.39, 0.29) is 11.9 Å². The molecule has 1 atom stereocenters. The molecule has 0 bridgehead atoms. The Hall–Kier alpha value is -1.59. The van der Waals surface area contributed by atoms with Crippen molar-refractivity contribution in [3.8, 4) is 5.75 Å². The first-order chi connectivity index (χ1) is 9.74. The minimum atomic E-state index is 0.127. The van der Waals surface area contributed by atoms with Crippen LogP contribution in [0.25, 0.3) is 0 Å². The van der Waals surface area contributed by atoms with E-state index in [9.17, 15) is 4.79 Å². The standard InChI is InChI=1S/C15H21N3O2/c1-17-6-8-18(9-7-17)15(19)10-16-13-11-20-14-5-3-2-4-12(13)14/h2-5,13,16H,6-11H2,1H3. The van der Waals surface area contributed by atoms with Crippen molar-refractivity contribution < 1.29 is 9.53 Å². The van der Waals surface area contributed by atoms with Crippen LogP contribution in [0.5, 0.6) is 5.75 Å². The van der Waals surface area contributed by atoms with Crippen LogP contribution in [0.4, 0.5) is 0 Å². The number of amides is 1. The zero-order valence-corrected chi connectivity index (χ0v) is 11.8. The number of para-hydroxylation sites is 1. The number of carbonyl (C=O) groups is 1. The second-order valence-corrected chi connectivity index (χ2v) is 5.47. The smallest absolute Gasteiger partial charge is 0.236 e. The SMILES string of the molecule is CN1CCN(C(=O)CNC2COc3ccccc32)CC1. The van der Waals surface area contributed by atoms with E-state index in [0.717, 1.165) is 37.5 Å². The third-order valence-electron chi connectivity index (χ3n) is 4.06. The lowest BCUT2D eigenvalue weighted by Gasteiger charge is -2.32. The number of piperazine rings is 1. The zero-order chi connectivity index (χ0) is 13.9. The predicted octanol–water partition coefficient (Wildman–Crippen LogP) is 0.484.